The summed E-state index contributed by atoms with van der Waals surface area (Å²) in [5.41, 5.74) is -0.0812. The zero-order valence-electron chi connectivity index (χ0n) is 12.3. The van der Waals surface area contributed by atoms with Crippen molar-refractivity contribution in [1.82, 2.24) is 0 Å². The number of hydrogen-bond donors (Lipinski definition) is 0. The number of alkyl halides is 4. The molecule has 25 heavy (non-hydrogen) atoms. The van der Waals surface area contributed by atoms with Gasteiger partial charge in [-0.25, -0.2) is 0 Å². The molecule has 132 valence electrons. The quantitative estimate of drug-likeness (QED) is 0.315. The monoisotopic (exact) mass is 358 g/mol. The van der Waals surface area contributed by atoms with Gasteiger partial charge in [0.1, 0.15) is 11.5 Å². The fourth-order valence-corrected chi connectivity index (χ4v) is 1.81. The van der Waals surface area contributed by atoms with E-state index in [-0.39, 0.29) is 28.4 Å². The van der Waals surface area contributed by atoms with Crippen molar-refractivity contribution >= 4 is 17.6 Å². The van der Waals surface area contributed by atoms with Gasteiger partial charge in [0.2, 0.25) is 0 Å². The number of hydrogen-bond acceptors (Lipinski definition) is 5. The number of ether oxygens (including phenoxy) is 2. The molecule has 6 nitrogen and oxygen atoms in total. The lowest BCUT2D eigenvalue weighted by atomic mass is 10.2. The van der Waals surface area contributed by atoms with E-state index in [1.54, 1.807) is 0 Å². The van der Waals surface area contributed by atoms with Gasteiger partial charge in [0.15, 0.2) is 0 Å². The summed E-state index contributed by atoms with van der Waals surface area (Å²) in [6, 6.07) is 8.25. The Morgan fingerprint density at radius 1 is 1.00 bits per heavy atom. The molecule has 0 heterocycles. The number of rotatable bonds is 7. The molecule has 0 bridgehead atoms. The molecule has 0 aliphatic rings. The van der Waals surface area contributed by atoms with Gasteiger partial charge in [-0.15, -0.1) is 0 Å². The van der Waals surface area contributed by atoms with Gasteiger partial charge in [-0.05, 0) is 30.3 Å². The van der Waals surface area contributed by atoms with Crippen LogP contribution in [-0.4, -0.2) is 24.4 Å². The minimum Gasteiger partial charge on any atom is -0.435 e. The molecule has 0 saturated heterocycles. The van der Waals surface area contributed by atoms with Crippen molar-refractivity contribution in [2.24, 2.45) is 4.99 Å². The number of benzene rings is 2. The molecule has 2 aromatic carbocycles. The molecular formula is C15H10F4N2O4. The maximum absolute atomic E-state index is 12.4. The first kappa shape index (κ1) is 18.2. The maximum atomic E-state index is 12.4. The molecule has 0 aliphatic heterocycles. The van der Waals surface area contributed by atoms with Crippen LogP contribution in [0.2, 0.25) is 0 Å². The molecule has 0 N–H and O–H groups in total. The van der Waals surface area contributed by atoms with E-state index in [9.17, 15) is 27.7 Å². The lowest BCUT2D eigenvalue weighted by Crippen LogP contribution is -2.04. The number of nitro benzene ring substituents is 1. The molecule has 2 aromatic rings. The van der Waals surface area contributed by atoms with Crippen LogP contribution in [0, 0.1) is 10.1 Å². The van der Waals surface area contributed by atoms with Crippen molar-refractivity contribution in [2.75, 3.05) is 0 Å². The van der Waals surface area contributed by atoms with Crippen LogP contribution in [0.25, 0.3) is 0 Å². The lowest BCUT2D eigenvalue weighted by molar-refractivity contribution is -0.384. The minimum atomic E-state index is -3.11. The lowest BCUT2D eigenvalue weighted by Gasteiger charge is -2.07. The van der Waals surface area contributed by atoms with Gasteiger partial charge in [-0.2, -0.15) is 17.6 Å². The van der Waals surface area contributed by atoms with Crippen LogP contribution in [0.5, 0.6) is 11.5 Å². The summed E-state index contributed by atoms with van der Waals surface area (Å²) in [5, 5.41) is 10.8. The van der Waals surface area contributed by atoms with E-state index in [0.29, 0.717) is 0 Å². The Kier molecular flexibility index (Phi) is 5.88. The van der Waals surface area contributed by atoms with Gasteiger partial charge in [0.05, 0.1) is 10.6 Å². The van der Waals surface area contributed by atoms with Crippen molar-refractivity contribution in [3.63, 3.8) is 0 Å². The van der Waals surface area contributed by atoms with E-state index < -0.39 is 18.1 Å². The number of halogens is 4. The molecule has 0 fully saturated rings. The topological polar surface area (TPSA) is 74.0 Å². The van der Waals surface area contributed by atoms with Crippen LogP contribution < -0.4 is 9.47 Å². The largest absolute Gasteiger partial charge is 0.435 e. The van der Waals surface area contributed by atoms with Crippen molar-refractivity contribution in [3.8, 4) is 11.5 Å². The summed E-state index contributed by atoms with van der Waals surface area (Å²) in [7, 11) is 0. The van der Waals surface area contributed by atoms with Gasteiger partial charge in [-0.1, -0.05) is 0 Å². The average Bonchev–Trinajstić information content (AvgIpc) is 2.54. The van der Waals surface area contributed by atoms with E-state index >= 15 is 0 Å². The smallest absolute Gasteiger partial charge is 0.387 e. The minimum absolute atomic E-state index is 0.0394. The third kappa shape index (κ3) is 5.44. The van der Waals surface area contributed by atoms with Gasteiger partial charge in [0.25, 0.3) is 5.69 Å². The van der Waals surface area contributed by atoms with Crippen LogP contribution >= 0.6 is 0 Å². The molecule has 10 heteroatoms. The summed E-state index contributed by atoms with van der Waals surface area (Å²) in [6.07, 6.45) is 1.09. The maximum Gasteiger partial charge on any atom is 0.387 e. The molecule has 0 aliphatic carbocycles. The fourth-order valence-electron chi connectivity index (χ4n) is 1.81. The Morgan fingerprint density at radius 2 is 1.64 bits per heavy atom. The molecule has 2 rings (SSSR count). The summed E-state index contributed by atoms with van der Waals surface area (Å²) < 4.78 is 57.4. The van der Waals surface area contributed by atoms with Gasteiger partial charge in [0, 0.05) is 23.9 Å². The van der Waals surface area contributed by atoms with Crippen LogP contribution in [0.1, 0.15) is 5.56 Å². The van der Waals surface area contributed by atoms with Crippen molar-refractivity contribution in [2.45, 2.75) is 13.2 Å². The highest BCUT2D eigenvalue weighted by atomic mass is 19.3. The number of aliphatic imine (C=N–C) groups is 1. The molecule has 0 amide bonds. The van der Waals surface area contributed by atoms with Gasteiger partial charge >= 0.3 is 13.2 Å². The number of nitro groups is 1. The fraction of sp³-hybridized carbons (Fsp3) is 0.133. The van der Waals surface area contributed by atoms with Gasteiger partial charge < -0.3 is 9.47 Å². The Morgan fingerprint density at radius 3 is 2.20 bits per heavy atom. The zero-order chi connectivity index (χ0) is 18.4. The highest BCUT2D eigenvalue weighted by Crippen LogP contribution is 2.26. The second kappa shape index (κ2) is 8.08. The van der Waals surface area contributed by atoms with Crippen LogP contribution in [0.4, 0.5) is 28.9 Å². The number of nitrogens with zero attached hydrogens (tertiary/aromatic N) is 2. The summed E-state index contributed by atoms with van der Waals surface area (Å²) in [5.74, 6) is -0.368. The van der Waals surface area contributed by atoms with E-state index in [2.05, 4.69) is 14.5 Å². The first-order chi connectivity index (χ1) is 11.8. The second-order valence-electron chi connectivity index (χ2n) is 4.49. The third-order valence-corrected chi connectivity index (χ3v) is 2.83. The Labute approximate surface area is 138 Å². The zero-order valence-corrected chi connectivity index (χ0v) is 12.3. The highest BCUT2D eigenvalue weighted by molar-refractivity contribution is 5.86. The molecular weight excluding hydrogens is 348 g/mol. The summed E-state index contributed by atoms with van der Waals surface area (Å²) >= 11 is 0. The summed E-state index contributed by atoms with van der Waals surface area (Å²) in [6.45, 7) is -6.08. The second-order valence-corrected chi connectivity index (χ2v) is 4.49. The summed E-state index contributed by atoms with van der Waals surface area (Å²) in [4.78, 5) is 14.0. The predicted octanol–water partition coefficient (Wildman–Crippen LogP) is 4.55. The van der Waals surface area contributed by atoms with Crippen molar-refractivity contribution in [3.05, 3.63) is 58.1 Å². The van der Waals surface area contributed by atoms with Crippen molar-refractivity contribution < 1.29 is 32.0 Å². The van der Waals surface area contributed by atoms with Crippen LogP contribution in [0.3, 0.4) is 0 Å². The predicted molar refractivity (Wildman–Crippen MR) is 80.1 cm³/mol. The Hall–Kier alpha value is -3.17. The molecule has 0 saturated carbocycles. The van der Waals surface area contributed by atoms with E-state index in [1.165, 1.54) is 24.3 Å². The van der Waals surface area contributed by atoms with E-state index in [1.807, 2.05) is 0 Å². The van der Waals surface area contributed by atoms with Gasteiger partial charge in [-0.3, -0.25) is 15.1 Å². The molecule has 0 atom stereocenters. The first-order valence-electron chi connectivity index (χ1n) is 6.67. The molecule has 0 aromatic heterocycles. The van der Waals surface area contributed by atoms with Crippen LogP contribution in [-0.2, 0) is 0 Å². The SMILES string of the molecule is O=[N+]([O-])c1ccc(OC(F)F)c(/C=N/c2ccc(OC(F)F)cc2)c1. The molecule has 0 radical (unpaired) electrons. The molecule has 0 spiro atoms. The number of non-ortho nitro benzene ring substituents is 1. The van der Waals surface area contributed by atoms with Crippen molar-refractivity contribution in [1.29, 1.82) is 0 Å². The molecule has 0 unspecified atom stereocenters. The standard InChI is InChI=1S/C15H10F4N2O4/c16-14(17)24-12-4-1-10(2-5-12)20-8-9-7-11(21(22)23)3-6-13(9)25-15(18)19/h1-8,14-15H/b20-8+. The highest BCUT2D eigenvalue weighted by Gasteiger charge is 2.13. The third-order valence-electron chi connectivity index (χ3n) is 2.83. The normalized spacial score (nSPS) is 11.3. The average molecular weight is 358 g/mol. The first-order valence-corrected chi connectivity index (χ1v) is 6.67. The van der Waals surface area contributed by atoms with E-state index in [4.69, 9.17) is 0 Å². The van der Waals surface area contributed by atoms with Crippen LogP contribution in [0.15, 0.2) is 47.5 Å². The Bertz CT molecular complexity index is 767. The Balaban J connectivity index is 2.25. The van der Waals surface area contributed by atoms with E-state index in [0.717, 1.165) is 24.4 Å².